The fourth-order valence-corrected chi connectivity index (χ4v) is 2.90. The van der Waals surface area contributed by atoms with E-state index in [4.69, 9.17) is 16.3 Å². The van der Waals surface area contributed by atoms with Gasteiger partial charge in [0.05, 0.1) is 6.10 Å². The standard InChI is InChI=1S/C14H17ClF2O/c1-9-13(6-11(16)7-14(9)17)10-2-4-12(5-3-10)18-8-15/h6-7,10,12H,2-5,8H2,1H3. The molecule has 0 amide bonds. The van der Waals surface area contributed by atoms with E-state index in [2.05, 4.69) is 0 Å². The van der Waals surface area contributed by atoms with Crippen LogP contribution < -0.4 is 0 Å². The predicted octanol–water partition coefficient (Wildman–Crippen LogP) is 4.51. The molecule has 100 valence electrons. The van der Waals surface area contributed by atoms with Crippen LogP contribution in [0.2, 0.25) is 0 Å². The monoisotopic (exact) mass is 274 g/mol. The first-order valence-electron chi connectivity index (χ1n) is 6.25. The van der Waals surface area contributed by atoms with Crippen LogP contribution in [0.3, 0.4) is 0 Å². The van der Waals surface area contributed by atoms with Gasteiger partial charge < -0.3 is 4.74 Å². The Balaban J connectivity index is 2.10. The maximum Gasteiger partial charge on any atom is 0.129 e. The number of ether oxygens (including phenoxy) is 1. The van der Waals surface area contributed by atoms with Gasteiger partial charge in [0.2, 0.25) is 0 Å². The molecule has 0 N–H and O–H groups in total. The van der Waals surface area contributed by atoms with E-state index in [1.165, 1.54) is 6.07 Å². The highest BCUT2D eigenvalue weighted by Gasteiger charge is 2.25. The molecule has 1 saturated carbocycles. The SMILES string of the molecule is Cc1c(F)cc(F)cc1C1CCC(OCCl)CC1. The van der Waals surface area contributed by atoms with Crippen LogP contribution in [-0.2, 0) is 4.74 Å². The minimum Gasteiger partial charge on any atom is -0.363 e. The zero-order chi connectivity index (χ0) is 13.1. The summed E-state index contributed by atoms with van der Waals surface area (Å²) < 4.78 is 32.2. The molecule has 0 heterocycles. The number of hydrogen-bond donors (Lipinski definition) is 0. The normalized spacial score (nSPS) is 24.2. The third kappa shape index (κ3) is 3.01. The summed E-state index contributed by atoms with van der Waals surface area (Å²) in [5, 5.41) is 0. The number of halogens is 3. The van der Waals surface area contributed by atoms with Crippen LogP contribution >= 0.6 is 11.6 Å². The summed E-state index contributed by atoms with van der Waals surface area (Å²) in [5.41, 5.74) is 1.37. The van der Waals surface area contributed by atoms with E-state index in [-0.39, 0.29) is 18.1 Å². The van der Waals surface area contributed by atoms with Gasteiger partial charge in [-0.3, -0.25) is 0 Å². The van der Waals surface area contributed by atoms with Gasteiger partial charge in [0.15, 0.2) is 0 Å². The lowest BCUT2D eigenvalue weighted by Gasteiger charge is -2.29. The molecule has 0 aromatic heterocycles. The summed E-state index contributed by atoms with van der Waals surface area (Å²) in [4.78, 5) is 0. The third-order valence-corrected chi connectivity index (χ3v) is 3.89. The molecule has 2 rings (SSSR count). The van der Waals surface area contributed by atoms with E-state index < -0.39 is 11.6 Å². The third-order valence-electron chi connectivity index (χ3n) is 3.76. The van der Waals surface area contributed by atoms with Crippen molar-refractivity contribution in [3.05, 3.63) is 34.9 Å². The van der Waals surface area contributed by atoms with Crippen molar-refractivity contribution in [1.29, 1.82) is 0 Å². The largest absolute Gasteiger partial charge is 0.363 e. The van der Waals surface area contributed by atoms with Gasteiger partial charge in [-0.15, -0.1) is 0 Å². The van der Waals surface area contributed by atoms with Gasteiger partial charge in [0.25, 0.3) is 0 Å². The van der Waals surface area contributed by atoms with Gasteiger partial charge in [0, 0.05) is 6.07 Å². The summed E-state index contributed by atoms with van der Waals surface area (Å²) >= 11 is 5.53. The van der Waals surface area contributed by atoms with E-state index >= 15 is 0 Å². The van der Waals surface area contributed by atoms with E-state index in [1.807, 2.05) is 0 Å². The second-order valence-corrected chi connectivity index (χ2v) is 5.07. The molecule has 4 heteroatoms. The first-order valence-corrected chi connectivity index (χ1v) is 6.78. The van der Waals surface area contributed by atoms with Crippen LogP contribution in [0.5, 0.6) is 0 Å². The Morgan fingerprint density at radius 2 is 1.89 bits per heavy atom. The molecule has 1 aromatic carbocycles. The fourth-order valence-electron chi connectivity index (χ4n) is 2.72. The summed E-state index contributed by atoms with van der Waals surface area (Å²) in [7, 11) is 0. The van der Waals surface area contributed by atoms with E-state index in [9.17, 15) is 8.78 Å². The fraction of sp³-hybridized carbons (Fsp3) is 0.571. The van der Waals surface area contributed by atoms with Crippen LogP contribution in [0, 0.1) is 18.6 Å². The molecule has 0 atom stereocenters. The molecule has 0 saturated heterocycles. The quantitative estimate of drug-likeness (QED) is 0.737. The molecule has 0 bridgehead atoms. The van der Waals surface area contributed by atoms with Crippen molar-refractivity contribution < 1.29 is 13.5 Å². The van der Waals surface area contributed by atoms with Gasteiger partial charge >= 0.3 is 0 Å². The van der Waals surface area contributed by atoms with Crippen LogP contribution in [0.4, 0.5) is 8.78 Å². The second-order valence-electron chi connectivity index (χ2n) is 4.85. The molecule has 1 fully saturated rings. The smallest absolute Gasteiger partial charge is 0.129 e. The topological polar surface area (TPSA) is 9.23 Å². The second kappa shape index (κ2) is 5.98. The van der Waals surface area contributed by atoms with Crippen LogP contribution in [0.1, 0.15) is 42.7 Å². The Hall–Kier alpha value is -0.670. The number of rotatable bonds is 3. The number of benzene rings is 1. The maximum absolute atomic E-state index is 13.5. The van der Waals surface area contributed by atoms with Gasteiger partial charge in [0.1, 0.15) is 17.7 Å². The van der Waals surface area contributed by atoms with Gasteiger partial charge in [-0.25, -0.2) is 8.78 Å². The summed E-state index contributed by atoms with van der Waals surface area (Å²) in [5.74, 6) is -0.721. The Bertz CT molecular complexity index is 415. The first kappa shape index (κ1) is 13.8. The lowest BCUT2D eigenvalue weighted by molar-refractivity contribution is 0.0530. The molecule has 1 aromatic rings. The van der Waals surface area contributed by atoms with Crippen molar-refractivity contribution in [3.8, 4) is 0 Å². The number of hydrogen-bond acceptors (Lipinski definition) is 1. The zero-order valence-corrected chi connectivity index (χ0v) is 11.1. The Morgan fingerprint density at radius 3 is 2.50 bits per heavy atom. The van der Waals surface area contributed by atoms with Gasteiger partial charge in [-0.1, -0.05) is 11.6 Å². The molecule has 1 nitrogen and oxygen atoms in total. The molecule has 0 aliphatic heterocycles. The lowest BCUT2D eigenvalue weighted by atomic mass is 9.81. The van der Waals surface area contributed by atoms with Gasteiger partial charge in [-0.2, -0.15) is 0 Å². The van der Waals surface area contributed by atoms with E-state index in [0.29, 0.717) is 5.56 Å². The Labute approximate surface area is 111 Å². The molecule has 0 spiro atoms. The van der Waals surface area contributed by atoms with Crippen molar-refractivity contribution in [1.82, 2.24) is 0 Å². The van der Waals surface area contributed by atoms with Crippen LogP contribution in [-0.4, -0.2) is 12.2 Å². The molecule has 1 aliphatic carbocycles. The molecular formula is C14H17ClF2O. The highest BCUT2D eigenvalue weighted by atomic mass is 35.5. The van der Waals surface area contributed by atoms with Crippen molar-refractivity contribution in [3.63, 3.8) is 0 Å². The average molecular weight is 275 g/mol. The predicted molar refractivity (Wildman–Crippen MR) is 67.9 cm³/mol. The highest BCUT2D eigenvalue weighted by molar-refractivity contribution is 6.17. The van der Waals surface area contributed by atoms with Crippen molar-refractivity contribution in [2.75, 3.05) is 6.07 Å². The average Bonchev–Trinajstić information content (AvgIpc) is 2.35. The maximum atomic E-state index is 13.5. The highest BCUT2D eigenvalue weighted by Crippen LogP contribution is 2.36. The summed E-state index contributed by atoms with van der Waals surface area (Å²) in [6, 6.07) is 2.62. The molecule has 0 unspecified atom stereocenters. The summed E-state index contributed by atoms with van der Waals surface area (Å²) in [6.45, 7) is 1.71. The van der Waals surface area contributed by atoms with E-state index in [0.717, 1.165) is 37.3 Å². The molecule has 0 radical (unpaired) electrons. The number of alkyl halides is 1. The Morgan fingerprint density at radius 1 is 1.22 bits per heavy atom. The molecule has 18 heavy (non-hydrogen) atoms. The minimum atomic E-state index is -0.493. The van der Waals surface area contributed by atoms with Crippen molar-refractivity contribution in [2.45, 2.75) is 44.6 Å². The van der Waals surface area contributed by atoms with Crippen LogP contribution in [0.25, 0.3) is 0 Å². The lowest BCUT2D eigenvalue weighted by Crippen LogP contribution is -2.21. The zero-order valence-electron chi connectivity index (χ0n) is 10.4. The Kier molecular flexibility index (Phi) is 4.57. The molecular weight excluding hydrogens is 258 g/mol. The minimum absolute atomic E-state index is 0.192. The first-order chi connectivity index (χ1) is 8.61. The van der Waals surface area contributed by atoms with Gasteiger partial charge in [-0.05, 0) is 55.7 Å². The summed E-state index contributed by atoms with van der Waals surface area (Å²) in [6.07, 6.45) is 3.78. The molecule has 1 aliphatic rings. The van der Waals surface area contributed by atoms with Crippen molar-refractivity contribution >= 4 is 11.6 Å². The van der Waals surface area contributed by atoms with Crippen molar-refractivity contribution in [2.24, 2.45) is 0 Å². The van der Waals surface area contributed by atoms with Crippen LogP contribution in [0.15, 0.2) is 12.1 Å². The van der Waals surface area contributed by atoms with E-state index in [1.54, 1.807) is 6.92 Å².